The molecule has 1 unspecified atom stereocenters. The molecule has 9 rings (SSSR count). The molecule has 61 heavy (non-hydrogen) atoms. The van der Waals surface area contributed by atoms with Crippen LogP contribution in [0.2, 0.25) is 5.02 Å². The van der Waals surface area contributed by atoms with E-state index in [0.717, 1.165) is 28.5 Å². The number of hydrogen-bond donors (Lipinski definition) is 2. The van der Waals surface area contributed by atoms with Gasteiger partial charge < -0.3 is 10.1 Å². The number of sulfonamides is 1. The molecule has 6 aromatic rings. The second-order valence-corrected chi connectivity index (χ2v) is 17.5. The van der Waals surface area contributed by atoms with Crippen LogP contribution in [0.15, 0.2) is 59.4 Å². The number of benzene rings is 3. The normalized spacial score (nSPS) is 18.6. The van der Waals surface area contributed by atoms with Crippen molar-refractivity contribution in [3.05, 3.63) is 116 Å². The second-order valence-electron chi connectivity index (χ2n) is 15.3. The van der Waals surface area contributed by atoms with E-state index in [1.807, 2.05) is 6.08 Å². The number of nitrogens with zero attached hydrogens (tertiary/aromatic N) is 6. The van der Waals surface area contributed by atoms with Crippen molar-refractivity contribution < 1.29 is 44.3 Å². The highest BCUT2D eigenvalue weighted by atomic mass is 35.5. The molecule has 318 valence electrons. The maximum Gasteiger partial charge on any atom is 0.293 e. The summed E-state index contributed by atoms with van der Waals surface area (Å²) < 4.78 is 124. The zero-order valence-corrected chi connectivity index (χ0v) is 33.6. The monoisotopic (exact) mass is 886 g/mol. The Bertz CT molecular complexity index is 3020. The lowest BCUT2D eigenvalue weighted by Gasteiger charge is -2.24. The highest BCUT2D eigenvalue weighted by Crippen LogP contribution is 2.68. The minimum atomic E-state index is -3.90. The number of rotatable bonds is 11. The minimum Gasteiger partial charge on any atom is -0.377 e. The first-order valence-electron chi connectivity index (χ1n) is 18.9. The highest BCUT2D eigenvalue weighted by molar-refractivity contribution is 7.92. The molecule has 3 aromatic heterocycles. The summed E-state index contributed by atoms with van der Waals surface area (Å²) in [5, 5.41) is 11.0. The van der Waals surface area contributed by atoms with Gasteiger partial charge in [-0.05, 0) is 71.9 Å². The summed E-state index contributed by atoms with van der Waals surface area (Å²) in [7, 11) is -2.43. The average molecular weight is 887 g/mol. The van der Waals surface area contributed by atoms with Gasteiger partial charge in [-0.1, -0.05) is 23.7 Å². The molecule has 21 heteroatoms. The Kier molecular flexibility index (Phi) is 9.82. The summed E-state index contributed by atoms with van der Waals surface area (Å²) in [6, 6.07) is 8.89. The molecule has 2 aliphatic carbocycles. The summed E-state index contributed by atoms with van der Waals surface area (Å²) in [5.74, 6) is -8.92. The zero-order chi connectivity index (χ0) is 43.3. The lowest BCUT2D eigenvalue weighted by molar-refractivity contribution is -0.123. The second kappa shape index (κ2) is 14.7. The average Bonchev–Trinajstić information content (AvgIpc) is 3.73. The van der Waals surface area contributed by atoms with Crippen molar-refractivity contribution in [1.82, 2.24) is 34.4 Å². The smallest absolute Gasteiger partial charge is 0.293 e. The fourth-order valence-corrected chi connectivity index (χ4v) is 9.31. The quantitative estimate of drug-likeness (QED) is 0.134. The van der Waals surface area contributed by atoms with Crippen LogP contribution < -0.4 is 15.6 Å². The van der Waals surface area contributed by atoms with Crippen molar-refractivity contribution in [2.45, 2.75) is 50.1 Å². The first-order valence-corrected chi connectivity index (χ1v) is 21.1. The van der Waals surface area contributed by atoms with Gasteiger partial charge in [0.05, 0.1) is 58.0 Å². The minimum absolute atomic E-state index is 0.00224. The van der Waals surface area contributed by atoms with Crippen LogP contribution in [0.1, 0.15) is 65.1 Å². The van der Waals surface area contributed by atoms with Gasteiger partial charge in [-0.15, -0.1) is 0 Å². The molecule has 1 amide bonds. The Balaban J connectivity index is 1.25. The maximum absolute atomic E-state index is 15.5. The Hall–Kier alpha value is -5.73. The summed E-state index contributed by atoms with van der Waals surface area (Å²) in [5.41, 5.74) is -0.698. The molecule has 0 saturated heterocycles. The van der Waals surface area contributed by atoms with E-state index in [-0.39, 0.29) is 61.7 Å². The third-order valence-corrected chi connectivity index (χ3v) is 12.0. The number of halogens is 7. The van der Waals surface area contributed by atoms with E-state index in [9.17, 15) is 35.6 Å². The molecule has 3 aliphatic rings. The maximum atomic E-state index is 15.5. The number of aromatic nitrogens is 6. The molecule has 0 spiro atoms. The first-order chi connectivity index (χ1) is 28.9. The summed E-state index contributed by atoms with van der Waals surface area (Å²) in [6.07, 6.45) is -0.299. The van der Waals surface area contributed by atoms with E-state index in [0.29, 0.717) is 35.9 Å². The lowest BCUT2D eigenvalue weighted by atomic mass is 9.99. The van der Waals surface area contributed by atoms with Crippen molar-refractivity contribution in [2.75, 3.05) is 24.2 Å². The Labute approximate surface area is 347 Å². The molecule has 1 fully saturated rings. The SMILES string of the molecule is Cn1nc(NS(C)(=O)=O)c2c(Cl)ccc(-n3c([C@H](Cc4cc(F)cc(F)c4)NC(=O)Cn4nc(C(F)F)c5c4C(F)(F)C4C[C@@H]54)nc4cc(C5=CCOCC5)ccc4c3=O)c21. The van der Waals surface area contributed by atoms with E-state index < -0.39 is 87.7 Å². The van der Waals surface area contributed by atoms with Gasteiger partial charge in [0.1, 0.15) is 35.4 Å². The molecule has 1 aliphatic heterocycles. The number of hydrogen-bond acceptors (Lipinski definition) is 8. The van der Waals surface area contributed by atoms with E-state index in [4.69, 9.17) is 21.3 Å². The van der Waals surface area contributed by atoms with E-state index in [1.54, 1.807) is 18.2 Å². The van der Waals surface area contributed by atoms with Crippen LogP contribution in [-0.2, 0) is 45.5 Å². The first kappa shape index (κ1) is 40.7. The number of alkyl halides is 4. The highest BCUT2D eigenvalue weighted by Gasteiger charge is 2.67. The molecular weight excluding hydrogens is 854 g/mol. The van der Waals surface area contributed by atoms with Crippen molar-refractivity contribution >= 4 is 60.7 Å². The van der Waals surface area contributed by atoms with Crippen LogP contribution in [0.3, 0.4) is 0 Å². The molecule has 0 radical (unpaired) electrons. The predicted octanol–water partition coefficient (Wildman–Crippen LogP) is 6.82. The van der Waals surface area contributed by atoms with E-state index in [2.05, 4.69) is 20.2 Å². The Morgan fingerprint density at radius 3 is 2.52 bits per heavy atom. The van der Waals surface area contributed by atoms with Gasteiger partial charge in [-0.2, -0.15) is 19.0 Å². The van der Waals surface area contributed by atoms with Gasteiger partial charge in [0.2, 0.25) is 15.9 Å². The standard InChI is InChI=1S/C40H33ClF6N8O5S/c1-53-34-29(6-5-26(41)32(34)37(51-53)52-61(2,58)59)55-38(49-27-14-20(3-4-23(27)39(55)57)19-7-9-60-10-8-19)28(13-18-11-21(42)15-22(43)12-18)48-30(56)17-54-35-31(33(50-54)36(44)45)24-16-25(24)40(35,46)47/h3-7,11-12,14-15,24-25,28,36H,8-10,13,16-17H2,1-2H3,(H,48,56)(H,51,52)/t24-,25?,28+/m1/s1. The van der Waals surface area contributed by atoms with Crippen LogP contribution in [0.4, 0.5) is 32.2 Å². The fraction of sp³-hybridized carbons (Fsp3) is 0.325. The molecule has 13 nitrogen and oxygen atoms in total. The third kappa shape index (κ3) is 7.22. The molecule has 4 heterocycles. The van der Waals surface area contributed by atoms with Crippen LogP contribution >= 0.6 is 11.6 Å². The fourth-order valence-electron chi connectivity index (χ4n) is 8.57. The number of nitrogens with one attached hydrogen (secondary N) is 2. The van der Waals surface area contributed by atoms with Crippen LogP contribution in [0.5, 0.6) is 0 Å². The molecule has 3 atom stereocenters. The summed E-state index contributed by atoms with van der Waals surface area (Å²) in [6.45, 7) is -0.171. The van der Waals surface area contributed by atoms with Gasteiger partial charge in [-0.3, -0.25) is 28.2 Å². The van der Waals surface area contributed by atoms with Gasteiger partial charge in [0.25, 0.3) is 17.9 Å². The number of carbonyl (C=O) groups excluding carboxylic acids is 1. The zero-order valence-electron chi connectivity index (χ0n) is 32.0. The number of ether oxygens (including phenoxy) is 1. The number of amides is 1. The van der Waals surface area contributed by atoms with Crippen LogP contribution in [0, 0.1) is 17.6 Å². The van der Waals surface area contributed by atoms with E-state index >= 15 is 8.78 Å². The number of anilines is 1. The lowest BCUT2D eigenvalue weighted by Crippen LogP contribution is -2.38. The summed E-state index contributed by atoms with van der Waals surface area (Å²) >= 11 is 6.63. The molecule has 2 N–H and O–H groups in total. The van der Waals surface area contributed by atoms with Gasteiger partial charge in [-0.25, -0.2) is 31.0 Å². The number of aryl methyl sites for hydroxylation is 1. The van der Waals surface area contributed by atoms with Gasteiger partial charge >= 0.3 is 0 Å². The number of carbonyl (C=O) groups is 1. The van der Waals surface area contributed by atoms with Gasteiger partial charge in [0, 0.05) is 31.0 Å². The van der Waals surface area contributed by atoms with Crippen molar-refractivity contribution in [2.24, 2.45) is 13.0 Å². The number of fused-ring (bicyclic) bond motifs is 5. The predicted molar refractivity (Wildman–Crippen MR) is 211 cm³/mol. The van der Waals surface area contributed by atoms with Crippen LogP contribution in [0.25, 0.3) is 33.1 Å². The van der Waals surface area contributed by atoms with Crippen molar-refractivity contribution in [1.29, 1.82) is 0 Å². The molecule has 1 saturated carbocycles. The largest absolute Gasteiger partial charge is 0.377 e. The molecule has 3 aromatic carbocycles. The van der Waals surface area contributed by atoms with Crippen molar-refractivity contribution in [3.8, 4) is 5.69 Å². The van der Waals surface area contributed by atoms with Crippen LogP contribution in [-0.4, -0.2) is 62.9 Å². The third-order valence-electron chi connectivity index (χ3n) is 11.1. The Morgan fingerprint density at radius 1 is 1.08 bits per heavy atom. The Morgan fingerprint density at radius 2 is 1.84 bits per heavy atom. The van der Waals surface area contributed by atoms with E-state index in [1.165, 1.54) is 23.9 Å². The van der Waals surface area contributed by atoms with Gasteiger partial charge in [0.15, 0.2) is 5.82 Å². The molecule has 0 bridgehead atoms. The van der Waals surface area contributed by atoms with Crippen molar-refractivity contribution in [3.63, 3.8) is 0 Å². The molecular formula is C40H33ClF6N8O5S. The summed E-state index contributed by atoms with van der Waals surface area (Å²) in [4.78, 5) is 34.0. The topological polar surface area (TPSA) is 155 Å².